The van der Waals surface area contributed by atoms with E-state index in [0.29, 0.717) is 12.1 Å². The van der Waals surface area contributed by atoms with Gasteiger partial charge >= 0.3 is 0 Å². The number of amides is 1. The van der Waals surface area contributed by atoms with Crippen LogP contribution in [0.4, 0.5) is 0 Å². The predicted molar refractivity (Wildman–Crippen MR) is 81.7 cm³/mol. The van der Waals surface area contributed by atoms with Crippen molar-refractivity contribution in [1.82, 2.24) is 5.32 Å². The molecule has 3 N–H and O–H groups in total. The molecule has 0 saturated heterocycles. The Morgan fingerprint density at radius 2 is 2.06 bits per heavy atom. The Hall–Kier alpha value is -0.330. The highest BCUT2D eigenvalue weighted by Gasteiger charge is 2.20. The van der Waals surface area contributed by atoms with E-state index in [1.807, 2.05) is 39.0 Å². The van der Waals surface area contributed by atoms with Crippen LogP contribution in [0.3, 0.4) is 0 Å². The number of rotatable bonds is 3. The topological polar surface area (TPSA) is 55.1 Å². The summed E-state index contributed by atoms with van der Waals surface area (Å²) in [7, 11) is 0. The maximum atomic E-state index is 12.0. The van der Waals surface area contributed by atoms with Crippen LogP contribution in [0.2, 0.25) is 0 Å². The molecule has 1 rings (SSSR count). The van der Waals surface area contributed by atoms with Gasteiger partial charge in [-0.3, -0.25) is 4.79 Å². The maximum Gasteiger partial charge on any atom is 0.252 e. The van der Waals surface area contributed by atoms with Crippen LogP contribution < -0.4 is 11.1 Å². The first-order chi connectivity index (χ1) is 7.37. The van der Waals surface area contributed by atoms with Gasteiger partial charge in [0.1, 0.15) is 0 Å². The van der Waals surface area contributed by atoms with Crippen LogP contribution in [0.1, 0.15) is 29.8 Å². The zero-order valence-electron chi connectivity index (χ0n) is 10.2. The molecule has 0 bridgehead atoms. The van der Waals surface area contributed by atoms with Gasteiger partial charge in [0.15, 0.2) is 0 Å². The summed E-state index contributed by atoms with van der Waals surface area (Å²) in [6.45, 7) is 6.23. The van der Waals surface area contributed by atoms with Gasteiger partial charge in [-0.15, -0.1) is 12.4 Å². The van der Waals surface area contributed by atoms with E-state index in [1.54, 1.807) is 0 Å². The Morgan fingerprint density at radius 1 is 1.47 bits per heavy atom. The third-order valence-electron chi connectivity index (χ3n) is 2.40. The van der Waals surface area contributed by atoms with Gasteiger partial charge in [0, 0.05) is 15.7 Å². The fourth-order valence-electron chi connectivity index (χ4n) is 1.25. The highest BCUT2D eigenvalue weighted by molar-refractivity contribution is 14.1. The summed E-state index contributed by atoms with van der Waals surface area (Å²) in [6, 6.07) is 5.71. The molecule has 96 valence electrons. The number of nitrogens with one attached hydrogen (secondary N) is 1. The third kappa shape index (κ3) is 4.44. The van der Waals surface area contributed by atoms with Crippen LogP contribution in [-0.2, 0) is 0 Å². The van der Waals surface area contributed by atoms with Crippen molar-refractivity contribution in [3.8, 4) is 0 Å². The second-order valence-electron chi connectivity index (χ2n) is 4.48. The van der Waals surface area contributed by atoms with E-state index in [9.17, 15) is 4.79 Å². The van der Waals surface area contributed by atoms with Crippen LogP contribution in [0.25, 0.3) is 0 Å². The molecule has 0 aliphatic carbocycles. The van der Waals surface area contributed by atoms with Crippen molar-refractivity contribution in [1.29, 1.82) is 0 Å². The molecule has 0 unspecified atom stereocenters. The quantitative estimate of drug-likeness (QED) is 0.806. The lowest BCUT2D eigenvalue weighted by Gasteiger charge is -2.24. The molecule has 0 saturated carbocycles. The van der Waals surface area contributed by atoms with Gasteiger partial charge < -0.3 is 11.1 Å². The SMILES string of the molecule is Cc1cccc(C(=O)NC(C)(C)CN)c1I.Cl. The standard InChI is InChI=1S/C12H17IN2O.ClH/c1-8-5-4-6-9(10(8)13)11(16)15-12(2,3)7-14;/h4-6H,7,14H2,1-3H3,(H,15,16);1H. The molecule has 0 aliphatic heterocycles. The van der Waals surface area contributed by atoms with Gasteiger partial charge in [-0.25, -0.2) is 0 Å². The summed E-state index contributed by atoms with van der Waals surface area (Å²) < 4.78 is 0.991. The number of halogens is 2. The van der Waals surface area contributed by atoms with Crippen molar-refractivity contribution in [2.24, 2.45) is 5.73 Å². The summed E-state index contributed by atoms with van der Waals surface area (Å²) in [5.41, 5.74) is 7.03. The molecule has 0 spiro atoms. The van der Waals surface area contributed by atoms with E-state index in [2.05, 4.69) is 27.9 Å². The smallest absolute Gasteiger partial charge is 0.252 e. The van der Waals surface area contributed by atoms with Crippen LogP contribution >= 0.6 is 35.0 Å². The Labute approximate surface area is 122 Å². The molecule has 5 heteroatoms. The summed E-state index contributed by atoms with van der Waals surface area (Å²) in [5, 5.41) is 2.92. The van der Waals surface area contributed by atoms with E-state index in [0.717, 1.165) is 9.13 Å². The normalized spacial score (nSPS) is 10.6. The van der Waals surface area contributed by atoms with Gasteiger partial charge in [-0.05, 0) is 55.0 Å². The van der Waals surface area contributed by atoms with Crippen LogP contribution in [0, 0.1) is 10.5 Å². The first-order valence-corrected chi connectivity index (χ1v) is 6.23. The Kier molecular flexibility index (Phi) is 6.43. The first kappa shape index (κ1) is 16.7. The van der Waals surface area contributed by atoms with E-state index in [4.69, 9.17) is 5.73 Å². The summed E-state index contributed by atoms with van der Waals surface area (Å²) in [6.07, 6.45) is 0. The van der Waals surface area contributed by atoms with Crippen LogP contribution in [0.15, 0.2) is 18.2 Å². The fraction of sp³-hybridized carbons (Fsp3) is 0.417. The van der Waals surface area contributed by atoms with Gasteiger partial charge in [0.05, 0.1) is 5.56 Å². The number of carbonyl (C=O) groups excluding carboxylic acids is 1. The fourth-order valence-corrected chi connectivity index (χ4v) is 1.85. The molecule has 0 heterocycles. The number of carbonyl (C=O) groups is 1. The molecule has 0 fully saturated rings. The van der Waals surface area contributed by atoms with Crippen LogP contribution in [0.5, 0.6) is 0 Å². The highest BCUT2D eigenvalue weighted by atomic mass is 127. The largest absolute Gasteiger partial charge is 0.346 e. The molecule has 0 radical (unpaired) electrons. The average Bonchev–Trinajstić information content (AvgIpc) is 2.21. The van der Waals surface area contributed by atoms with Crippen molar-refractivity contribution < 1.29 is 4.79 Å². The minimum absolute atomic E-state index is 0. The zero-order valence-corrected chi connectivity index (χ0v) is 13.2. The van der Waals surface area contributed by atoms with E-state index < -0.39 is 0 Å². The van der Waals surface area contributed by atoms with E-state index in [-0.39, 0.29) is 23.9 Å². The first-order valence-electron chi connectivity index (χ1n) is 5.15. The average molecular weight is 369 g/mol. The zero-order chi connectivity index (χ0) is 12.3. The number of nitrogens with two attached hydrogens (primary N) is 1. The third-order valence-corrected chi connectivity index (χ3v) is 3.83. The summed E-state index contributed by atoms with van der Waals surface area (Å²) in [5.74, 6) is -0.0662. The van der Waals surface area contributed by atoms with Gasteiger partial charge in [0.25, 0.3) is 5.91 Å². The lowest BCUT2D eigenvalue weighted by Crippen LogP contribution is -2.49. The van der Waals surface area contributed by atoms with Gasteiger partial charge in [0.2, 0.25) is 0 Å². The number of hydrogen-bond donors (Lipinski definition) is 2. The molecule has 1 aromatic rings. The van der Waals surface area contributed by atoms with Gasteiger partial charge in [-0.1, -0.05) is 12.1 Å². The predicted octanol–water partition coefficient (Wildman–Crippen LogP) is 2.49. The van der Waals surface area contributed by atoms with Gasteiger partial charge in [-0.2, -0.15) is 0 Å². The second-order valence-corrected chi connectivity index (χ2v) is 5.56. The second kappa shape index (κ2) is 6.56. The molecule has 1 aromatic carbocycles. The Balaban J connectivity index is 0.00000256. The van der Waals surface area contributed by atoms with Crippen molar-refractivity contribution in [2.45, 2.75) is 26.3 Å². The highest BCUT2D eigenvalue weighted by Crippen LogP contribution is 2.17. The minimum Gasteiger partial charge on any atom is -0.346 e. The Morgan fingerprint density at radius 3 is 2.59 bits per heavy atom. The lowest BCUT2D eigenvalue weighted by atomic mass is 10.0. The molecule has 0 aromatic heterocycles. The lowest BCUT2D eigenvalue weighted by molar-refractivity contribution is 0.0914. The minimum atomic E-state index is -0.371. The molecule has 3 nitrogen and oxygen atoms in total. The van der Waals surface area contributed by atoms with Crippen molar-refractivity contribution in [3.05, 3.63) is 32.9 Å². The molecule has 0 atom stereocenters. The molecule has 1 amide bonds. The van der Waals surface area contributed by atoms with E-state index >= 15 is 0 Å². The summed E-state index contributed by atoms with van der Waals surface area (Å²) in [4.78, 5) is 12.0. The molecular formula is C12H18ClIN2O. The maximum absolute atomic E-state index is 12.0. The Bertz CT molecular complexity index is 407. The van der Waals surface area contributed by atoms with Crippen LogP contribution in [-0.4, -0.2) is 18.0 Å². The summed E-state index contributed by atoms with van der Waals surface area (Å²) >= 11 is 2.19. The number of benzene rings is 1. The monoisotopic (exact) mass is 368 g/mol. The molecular weight excluding hydrogens is 351 g/mol. The van der Waals surface area contributed by atoms with Crippen molar-refractivity contribution in [3.63, 3.8) is 0 Å². The number of aryl methyl sites for hydroxylation is 1. The van der Waals surface area contributed by atoms with Crippen molar-refractivity contribution in [2.75, 3.05) is 6.54 Å². The molecule has 17 heavy (non-hydrogen) atoms. The van der Waals surface area contributed by atoms with E-state index in [1.165, 1.54) is 0 Å². The van der Waals surface area contributed by atoms with Crippen molar-refractivity contribution >= 4 is 40.9 Å². The molecule has 0 aliphatic rings. The number of hydrogen-bond acceptors (Lipinski definition) is 2.